The van der Waals surface area contributed by atoms with E-state index in [1.807, 2.05) is 0 Å². The molecular weight excluding hydrogens is 438 g/mol. The van der Waals surface area contributed by atoms with Crippen molar-refractivity contribution in [1.29, 1.82) is 0 Å². The van der Waals surface area contributed by atoms with Gasteiger partial charge in [0.05, 0.1) is 0 Å². The van der Waals surface area contributed by atoms with Crippen molar-refractivity contribution >= 4 is 18.2 Å². The molecule has 2 fully saturated rings. The first kappa shape index (κ1) is 29.7. The van der Waals surface area contributed by atoms with Crippen molar-refractivity contribution in [1.82, 2.24) is 16.0 Å². The van der Waals surface area contributed by atoms with Crippen LogP contribution >= 0.6 is 0 Å². The van der Waals surface area contributed by atoms with Gasteiger partial charge in [-0.25, -0.2) is 14.4 Å². The average Bonchev–Trinajstić information content (AvgIpc) is 2.77. The Morgan fingerprint density at radius 2 is 1.50 bits per heavy atom. The summed E-state index contributed by atoms with van der Waals surface area (Å²) in [6, 6.07) is 0.575. The van der Waals surface area contributed by atoms with E-state index in [9.17, 15) is 14.4 Å². The summed E-state index contributed by atoms with van der Waals surface area (Å²) >= 11 is 0. The monoisotopic (exact) mass is 483 g/mol. The Morgan fingerprint density at radius 3 is 1.94 bits per heavy atom. The fourth-order valence-electron chi connectivity index (χ4n) is 4.08. The van der Waals surface area contributed by atoms with Crippen LogP contribution in [-0.2, 0) is 14.3 Å². The van der Waals surface area contributed by atoms with Crippen molar-refractivity contribution < 1.29 is 29.0 Å². The van der Waals surface area contributed by atoms with Gasteiger partial charge in [0.2, 0.25) is 0 Å². The molecule has 1 atom stereocenters. The van der Waals surface area contributed by atoms with Gasteiger partial charge in [-0.15, -0.1) is 0 Å². The van der Waals surface area contributed by atoms with Gasteiger partial charge in [-0.3, -0.25) is 0 Å². The van der Waals surface area contributed by atoms with E-state index >= 15 is 0 Å². The maximum atomic E-state index is 11.4. The second kappa shape index (κ2) is 16.4. The molecule has 0 radical (unpaired) electrons. The van der Waals surface area contributed by atoms with Crippen LogP contribution in [0.15, 0.2) is 12.7 Å². The molecule has 2 rings (SSSR count). The molecular formula is C25H45N3O6. The Hall–Kier alpha value is -2.29. The van der Waals surface area contributed by atoms with E-state index in [0.717, 1.165) is 12.1 Å². The average molecular weight is 484 g/mol. The number of amides is 2. The van der Waals surface area contributed by atoms with Crippen molar-refractivity contribution in [2.24, 2.45) is 0 Å². The van der Waals surface area contributed by atoms with Gasteiger partial charge in [-0.2, -0.15) is 0 Å². The van der Waals surface area contributed by atoms with Gasteiger partial charge in [-0.1, -0.05) is 51.2 Å². The smallest absolute Gasteiger partial charge is 0.408 e. The molecule has 0 aromatic carbocycles. The van der Waals surface area contributed by atoms with Gasteiger partial charge >= 0.3 is 18.2 Å². The normalized spacial score (nSPS) is 18.0. The molecule has 0 heterocycles. The molecule has 2 aliphatic rings. The van der Waals surface area contributed by atoms with E-state index in [2.05, 4.69) is 27.3 Å². The first-order chi connectivity index (χ1) is 16.1. The molecule has 0 unspecified atom stereocenters. The Morgan fingerprint density at radius 1 is 0.971 bits per heavy atom. The maximum absolute atomic E-state index is 11.4. The Balaban J connectivity index is 0.000000375. The van der Waals surface area contributed by atoms with Gasteiger partial charge in [0.25, 0.3) is 0 Å². The zero-order valence-corrected chi connectivity index (χ0v) is 21.2. The summed E-state index contributed by atoms with van der Waals surface area (Å²) in [5, 5.41) is 17.4. The van der Waals surface area contributed by atoms with Crippen molar-refractivity contribution in [3.05, 3.63) is 12.7 Å². The highest BCUT2D eigenvalue weighted by molar-refractivity contribution is 5.80. The molecule has 0 saturated heterocycles. The number of alkyl carbamates (subject to hydrolysis) is 2. The summed E-state index contributed by atoms with van der Waals surface area (Å²) in [5.74, 6) is -1.23. The van der Waals surface area contributed by atoms with E-state index in [4.69, 9.17) is 9.84 Å². The number of ether oxygens (including phenoxy) is 2. The molecule has 4 N–H and O–H groups in total. The van der Waals surface area contributed by atoms with Gasteiger partial charge < -0.3 is 30.5 Å². The molecule has 2 amide bonds. The van der Waals surface area contributed by atoms with Crippen molar-refractivity contribution in [3.63, 3.8) is 0 Å². The van der Waals surface area contributed by atoms with E-state index < -0.39 is 29.8 Å². The van der Waals surface area contributed by atoms with Crippen LogP contribution in [0.25, 0.3) is 0 Å². The Bertz CT molecular complexity index is 607. The molecule has 9 nitrogen and oxygen atoms in total. The third-order valence-corrected chi connectivity index (χ3v) is 5.71. The third kappa shape index (κ3) is 14.8. The number of nitrogens with one attached hydrogen (secondary N) is 3. The van der Waals surface area contributed by atoms with Crippen molar-refractivity contribution in [2.45, 2.75) is 115 Å². The second-order valence-electron chi connectivity index (χ2n) is 9.98. The molecule has 0 aromatic rings. The topological polar surface area (TPSA) is 126 Å². The third-order valence-electron chi connectivity index (χ3n) is 5.71. The number of carboxylic acid groups (broad SMARTS) is 1. The van der Waals surface area contributed by atoms with Crippen LogP contribution in [0.3, 0.4) is 0 Å². The predicted molar refractivity (Wildman–Crippen MR) is 132 cm³/mol. The second-order valence-corrected chi connectivity index (χ2v) is 9.98. The summed E-state index contributed by atoms with van der Waals surface area (Å²) in [7, 11) is 0. The van der Waals surface area contributed by atoms with Crippen LogP contribution in [0.2, 0.25) is 0 Å². The number of hydrogen-bond acceptors (Lipinski definition) is 6. The SMILES string of the molecule is C1CCC(NC2CCCCC2)CC1.C=CCOC(=O)N[C@H](CCNC(=O)OC(C)(C)C)C(=O)O. The predicted octanol–water partition coefficient (Wildman–Crippen LogP) is 4.51. The van der Waals surface area contributed by atoms with Crippen LogP contribution in [0.4, 0.5) is 9.59 Å². The molecule has 0 bridgehead atoms. The lowest BCUT2D eigenvalue weighted by Crippen LogP contribution is -2.43. The van der Waals surface area contributed by atoms with E-state index in [1.54, 1.807) is 20.8 Å². The number of carboxylic acids is 1. The summed E-state index contributed by atoms with van der Waals surface area (Å²) in [5.41, 5.74) is -0.636. The zero-order chi connectivity index (χ0) is 25.4. The first-order valence-electron chi connectivity index (χ1n) is 12.6. The summed E-state index contributed by atoms with van der Waals surface area (Å²) < 4.78 is 9.62. The lowest BCUT2D eigenvalue weighted by Gasteiger charge is -2.30. The Labute approximate surface area is 204 Å². The maximum Gasteiger partial charge on any atom is 0.408 e. The lowest BCUT2D eigenvalue weighted by atomic mass is 9.91. The van der Waals surface area contributed by atoms with Gasteiger partial charge in [0, 0.05) is 18.6 Å². The molecule has 0 aromatic heterocycles. The van der Waals surface area contributed by atoms with Crippen LogP contribution in [0.5, 0.6) is 0 Å². The van der Waals surface area contributed by atoms with Gasteiger partial charge in [0.15, 0.2) is 0 Å². The molecule has 196 valence electrons. The molecule has 2 aliphatic carbocycles. The number of carbonyl (C=O) groups is 3. The molecule has 9 heteroatoms. The van der Waals surface area contributed by atoms with Crippen LogP contribution in [-0.4, -0.2) is 60.1 Å². The summed E-state index contributed by atoms with van der Waals surface area (Å²) in [6.45, 7) is 8.51. The zero-order valence-electron chi connectivity index (χ0n) is 21.2. The highest BCUT2D eigenvalue weighted by atomic mass is 16.6. The van der Waals surface area contributed by atoms with E-state index in [-0.39, 0.29) is 19.6 Å². The van der Waals surface area contributed by atoms with Gasteiger partial charge in [-0.05, 0) is 52.9 Å². The largest absolute Gasteiger partial charge is 0.480 e. The fourth-order valence-corrected chi connectivity index (χ4v) is 4.08. The Kier molecular flexibility index (Phi) is 14.3. The van der Waals surface area contributed by atoms with E-state index in [0.29, 0.717) is 0 Å². The number of aliphatic carboxylic acids is 1. The first-order valence-corrected chi connectivity index (χ1v) is 12.6. The van der Waals surface area contributed by atoms with Crippen LogP contribution < -0.4 is 16.0 Å². The molecule has 0 aliphatic heterocycles. The molecule has 2 saturated carbocycles. The minimum Gasteiger partial charge on any atom is -0.480 e. The van der Waals surface area contributed by atoms with Crippen molar-refractivity contribution in [3.8, 4) is 0 Å². The summed E-state index contributed by atoms with van der Waals surface area (Å²) in [4.78, 5) is 33.6. The molecule has 34 heavy (non-hydrogen) atoms. The highest BCUT2D eigenvalue weighted by Gasteiger charge is 2.22. The number of rotatable bonds is 9. The lowest BCUT2D eigenvalue weighted by molar-refractivity contribution is -0.139. The number of carbonyl (C=O) groups excluding carboxylic acids is 2. The quantitative estimate of drug-likeness (QED) is 0.356. The minimum absolute atomic E-state index is 0.00222. The van der Waals surface area contributed by atoms with Crippen molar-refractivity contribution in [2.75, 3.05) is 13.2 Å². The number of hydrogen-bond donors (Lipinski definition) is 4. The highest BCUT2D eigenvalue weighted by Crippen LogP contribution is 2.22. The summed E-state index contributed by atoms with van der Waals surface area (Å²) in [6.07, 6.45) is 14.4. The van der Waals surface area contributed by atoms with Crippen LogP contribution in [0, 0.1) is 0 Å². The fraction of sp³-hybridized carbons (Fsp3) is 0.800. The van der Waals surface area contributed by atoms with Gasteiger partial charge in [0.1, 0.15) is 18.2 Å². The minimum atomic E-state index is -1.23. The van der Waals surface area contributed by atoms with E-state index in [1.165, 1.54) is 70.3 Å². The molecule has 0 spiro atoms. The van der Waals surface area contributed by atoms with Crippen LogP contribution in [0.1, 0.15) is 91.4 Å². The standard InChI is InChI=1S/C13H22N2O6.C12H23N/c1-5-8-20-12(19)15-9(10(16)17)6-7-14-11(18)21-13(2,3)4;1-3-7-11(8-4-1)13-12-9-5-2-6-10-12/h5,9H,1,6-8H2,2-4H3,(H,14,18)(H,15,19)(H,16,17);11-13H,1-10H2/t9-;/m1./s1.